The van der Waals surface area contributed by atoms with E-state index in [2.05, 4.69) is 15.5 Å². The molecule has 0 spiro atoms. The predicted molar refractivity (Wildman–Crippen MR) is 129 cm³/mol. The van der Waals surface area contributed by atoms with Crippen molar-refractivity contribution in [2.75, 3.05) is 38.1 Å². The second-order valence-electron chi connectivity index (χ2n) is 7.22. The van der Waals surface area contributed by atoms with Crippen LogP contribution in [0.2, 0.25) is 8.67 Å². The minimum absolute atomic E-state index is 0.0303. The topological polar surface area (TPSA) is 135 Å². The average Bonchev–Trinajstić information content (AvgIpc) is 3.44. The van der Waals surface area contributed by atoms with Gasteiger partial charge in [-0.1, -0.05) is 28.3 Å². The first kappa shape index (κ1) is 25.4. The second kappa shape index (κ2) is 10.5. The highest BCUT2D eigenvalue weighted by atomic mass is 35.5. The number of sulfonamides is 1. The fraction of sp³-hybridized carbons (Fsp3) is 0.300. The van der Waals surface area contributed by atoms with Gasteiger partial charge in [-0.15, -0.1) is 16.4 Å². The van der Waals surface area contributed by atoms with Crippen LogP contribution in [0.4, 0.5) is 10.8 Å². The zero-order valence-electron chi connectivity index (χ0n) is 18.2. The van der Waals surface area contributed by atoms with Gasteiger partial charge in [0.15, 0.2) is 0 Å². The Balaban J connectivity index is 1.39. The number of aromatic nitrogens is 2. The van der Waals surface area contributed by atoms with Gasteiger partial charge in [-0.05, 0) is 37.3 Å². The number of hydrogen-bond donors (Lipinski definition) is 1. The summed E-state index contributed by atoms with van der Waals surface area (Å²) in [7, 11) is -3.79. The number of rotatable bonds is 6. The highest BCUT2D eigenvalue weighted by Gasteiger charge is 2.30. The van der Waals surface area contributed by atoms with Crippen LogP contribution < -0.4 is 5.32 Å². The smallest absolute Gasteiger partial charge is 0.409 e. The SMILES string of the molecule is CCOC(=O)N1CCN(S(=O)(=O)c2ccc(C(=O)Nc3nnc(-c4cc(Cl)sc4Cl)o3)cc2)CC1. The molecule has 0 saturated carbocycles. The van der Waals surface area contributed by atoms with Crippen LogP contribution in [-0.4, -0.2) is 72.6 Å². The van der Waals surface area contributed by atoms with E-state index in [0.717, 1.165) is 11.3 Å². The number of piperazine rings is 1. The zero-order valence-corrected chi connectivity index (χ0v) is 21.4. The molecule has 1 aromatic carbocycles. The maximum absolute atomic E-state index is 13.0. The highest BCUT2D eigenvalue weighted by Crippen LogP contribution is 2.37. The molecule has 35 heavy (non-hydrogen) atoms. The number of amides is 2. The number of nitrogens with zero attached hydrogens (tertiary/aromatic N) is 4. The third-order valence-electron chi connectivity index (χ3n) is 5.05. The van der Waals surface area contributed by atoms with E-state index in [4.69, 9.17) is 32.4 Å². The van der Waals surface area contributed by atoms with Crippen molar-refractivity contribution in [3.63, 3.8) is 0 Å². The zero-order chi connectivity index (χ0) is 25.2. The minimum atomic E-state index is -3.79. The van der Waals surface area contributed by atoms with Crippen LogP contribution in [0.1, 0.15) is 17.3 Å². The summed E-state index contributed by atoms with van der Waals surface area (Å²) in [6.07, 6.45) is -0.463. The molecule has 0 atom stereocenters. The first-order valence-electron chi connectivity index (χ1n) is 10.3. The third-order valence-corrected chi connectivity index (χ3v) is 8.45. The summed E-state index contributed by atoms with van der Waals surface area (Å²) < 4.78 is 38.4. The molecule has 3 heterocycles. The van der Waals surface area contributed by atoms with Crippen molar-refractivity contribution >= 4 is 62.6 Å². The lowest BCUT2D eigenvalue weighted by molar-refractivity contribution is 0.0933. The molecule has 2 amide bonds. The van der Waals surface area contributed by atoms with E-state index in [9.17, 15) is 18.0 Å². The minimum Gasteiger partial charge on any atom is -0.450 e. The van der Waals surface area contributed by atoms with Crippen LogP contribution in [0, 0.1) is 0 Å². The lowest BCUT2D eigenvalue weighted by atomic mass is 10.2. The number of thiophene rings is 1. The van der Waals surface area contributed by atoms with Gasteiger partial charge >= 0.3 is 12.1 Å². The molecule has 0 unspecified atom stereocenters. The van der Waals surface area contributed by atoms with Gasteiger partial charge in [0.2, 0.25) is 10.0 Å². The molecule has 0 aliphatic carbocycles. The third kappa shape index (κ3) is 5.59. The van der Waals surface area contributed by atoms with Crippen LogP contribution in [0.15, 0.2) is 39.6 Å². The quantitative estimate of drug-likeness (QED) is 0.481. The van der Waals surface area contributed by atoms with Crippen LogP contribution in [-0.2, 0) is 14.8 Å². The molecule has 186 valence electrons. The van der Waals surface area contributed by atoms with Crippen LogP contribution in [0.3, 0.4) is 0 Å². The van der Waals surface area contributed by atoms with E-state index in [1.54, 1.807) is 13.0 Å². The maximum atomic E-state index is 13.0. The van der Waals surface area contributed by atoms with Gasteiger partial charge in [0.25, 0.3) is 11.8 Å². The number of benzene rings is 1. The first-order valence-corrected chi connectivity index (χ1v) is 13.3. The molecule has 2 aromatic heterocycles. The average molecular weight is 560 g/mol. The summed E-state index contributed by atoms with van der Waals surface area (Å²) in [5, 5.41) is 10.1. The van der Waals surface area contributed by atoms with Gasteiger partial charge < -0.3 is 14.1 Å². The largest absolute Gasteiger partial charge is 0.450 e. The van der Waals surface area contributed by atoms with Gasteiger partial charge in [0, 0.05) is 31.7 Å². The van der Waals surface area contributed by atoms with Crippen LogP contribution >= 0.6 is 34.5 Å². The summed E-state index contributed by atoms with van der Waals surface area (Å²) in [5.41, 5.74) is 0.639. The van der Waals surface area contributed by atoms with Crippen molar-refractivity contribution in [2.45, 2.75) is 11.8 Å². The second-order valence-corrected chi connectivity index (χ2v) is 11.4. The lowest BCUT2D eigenvalue weighted by Crippen LogP contribution is -2.50. The monoisotopic (exact) mass is 559 g/mol. The van der Waals surface area contributed by atoms with E-state index in [1.807, 2.05) is 0 Å². The molecule has 1 aliphatic heterocycles. The van der Waals surface area contributed by atoms with Crippen molar-refractivity contribution in [1.29, 1.82) is 0 Å². The molecule has 0 radical (unpaired) electrons. The Morgan fingerprint density at radius 2 is 1.83 bits per heavy atom. The van der Waals surface area contributed by atoms with E-state index < -0.39 is 22.0 Å². The molecule has 3 aromatic rings. The number of ether oxygens (including phenoxy) is 1. The van der Waals surface area contributed by atoms with Crippen molar-refractivity contribution < 1.29 is 27.2 Å². The number of anilines is 1. The number of carbonyl (C=O) groups is 2. The fourth-order valence-corrected chi connectivity index (χ4v) is 6.16. The lowest BCUT2D eigenvalue weighted by Gasteiger charge is -2.33. The van der Waals surface area contributed by atoms with Gasteiger partial charge in [-0.25, -0.2) is 13.2 Å². The van der Waals surface area contributed by atoms with Gasteiger partial charge in [-0.3, -0.25) is 10.1 Å². The van der Waals surface area contributed by atoms with E-state index in [0.29, 0.717) is 14.2 Å². The normalized spacial score (nSPS) is 14.7. The number of carbonyl (C=O) groups excluding carboxylic acids is 2. The van der Waals surface area contributed by atoms with Crippen LogP contribution in [0.5, 0.6) is 0 Å². The van der Waals surface area contributed by atoms with E-state index in [-0.39, 0.29) is 55.2 Å². The molecular weight excluding hydrogens is 541 g/mol. The molecule has 1 aliphatic rings. The highest BCUT2D eigenvalue weighted by molar-refractivity contribution is 7.89. The Bertz CT molecular complexity index is 1330. The molecule has 15 heteroatoms. The molecule has 4 rings (SSSR count). The number of nitrogens with one attached hydrogen (secondary N) is 1. The van der Waals surface area contributed by atoms with Crippen LogP contribution in [0.25, 0.3) is 11.5 Å². The maximum Gasteiger partial charge on any atom is 0.409 e. The van der Waals surface area contributed by atoms with Crippen molar-refractivity contribution in [2.24, 2.45) is 0 Å². The molecular formula is C20H19Cl2N5O6S2. The first-order chi connectivity index (χ1) is 16.7. The van der Waals surface area contributed by atoms with Crippen molar-refractivity contribution in [1.82, 2.24) is 19.4 Å². The Morgan fingerprint density at radius 3 is 2.43 bits per heavy atom. The van der Waals surface area contributed by atoms with Crippen molar-refractivity contribution in [3.8, 4) is 11.5 Å². The molecule has 1 saturated heterocycles. The Labute approximate surface area is 214 Å². The summed E-state index contributed by atoms with van der Waals surface area (Å²) in [5.74, 6) is -0.473. The van der Waals surface area contributed by atoms with Crippen molar-refractivity contribution in [3.05, 3.63) is 44.6 Å². The molecule has 0 bridgehead atoms. The van der Waals surface area contributed by atoms with Gasteiger partial charge in [-0.2, -0.15) is 4.31 Å². The van der Waals surface area contributed by atoms with Gasteiger partial charge in [0.1, 0.15) is 4.34 Å². The Hall–Kier alpha value is -2.71. The standard InChI is InChI=1S/C20H19Cl2N5O6S2/c1-2-32-20(29)26-7-9-27(10-8-26)35(30,31)13-5-3-12(4-6-13)17(28)23-19-25-24-18(33-19)14-11-15(21)34-16(14)22/h3-6,11H,2,7-10H2,1H3,(H,23,25,28). The van der Waals surface area contributed by atoms with Gasteiger partial charge in [0.05, 0.1) is 21.4 Å². The Kier molecular flexibility index (Phi) is 7.62. The molecule has 1 fully saturated rings. The van der Waals surface area contributed by atoms with E-state index >= 15 is 0 Å². The number of hydrogen-bond acceptors (Lipinski definition) is 9. The summed E-state index contributed by atoms with van der Waals surface area (Å²) in [6, 6.07) is 6.86. The molecule has 1 N–H and O–H groups in total. The summed E-state index contributed by atoms with van der Waals surface area (Å²) in [4.78, 5) is 25.9. The Morgan fingerprint density at radius 1 is 1.14 bits per heavy atom. The predicted octanol–water partition coefficient (Wildman–Crippen LogP) is 3.82. The molecule has 11 nitrogen and oxygen atoms in total. The van der Waals surface area contributed by atoms with E-state index in [1.165, 1.54) is 33.5 Å². The summed E-state index contributed by atoms with van der Waals surface area (Å²) >= 11 is 13.1. The summed E-state index contributed by atoms with van der Waals surface area (Å²) in [6.45, 7) is 2.70. The number of halogens is 2. The fourth-order valence-electron chi connectivity index (χ4n) is 3.29.